The van der Waals surface area contributed by atoms with Crippen LogP contribution >= 0.6 is 0 Å². The molecule has 0 radical (unpaired) electrons. The van der Waals surface area contributed by atoms with Crippen LogP contribution in [-0.4, -0.2) is 20.7 Å². The number of benzene rings is 1. The van der Waals surface area contributed by atoms with E-state index in [1.807, 2.05) is 6.07 Å². The largest absolute Gasteiger partial charge is 0.459 e. The van der Waals surface area contributed by atoms with Gasteiger partial charge in [0.25, 0.3) is 5.91 Å². The molecule has 4 rings (SSSR count). The summed E-state index contributed by atoms with van der Waals surface area (Å²) < 4.78 is 20.9. The Labute approximate surface area is 161 Å². The minimum absolute atomic E-state index is 0.178. The van der Waals surface area contributed by atoms with Gasteiger partial charge in [0.2, 0.25) is 0 Å². The number of hydrogen-bond donors (Lipinski definition) is 1. The molecule has 0 atom stereocenters. The van der Waals surface area contributed by atoms with Crippen molar-refractivity contribution >= 4 is 22.6 Å². The first-order valence-corrected chi connectivity index (χ1v) is 8.98. The topological polar surface area (TPSA) is 73.0 Å². The van der Waals surface area contributed by atoms with Gasteiger partial charge in [-0.2, -0.15) is 0 Å². The van der Waals surface area contributed by atoms with Crippen LogP contribution < -0.4 is 5.32 Å². The molecule has 4 aromatic rings. The Balaban J connectivity index is 1.65. The first kappa shape index (κ1) is 17.9. The van der Waals surface area contributed by atoms with E-state index < -0.39 is 11.7 Å². The monoisotopic (exact) mass is 378 g/mol. The fourth-order valence-electron chi connectivity index (χ4n) is 3.03. The van der Waals surface area contributed by atoms with Crippen LogP contribution in [0.15, 0.2) is 59.5 Å². The van der Waals surface area contributed by atoms with E-state index in [0.29, 0.717) is 17.3 Å². The SMILES string of the molecule is CC(C)Cc1cnc2nn(-c3cc(NC(=O)c4ccco4)ccc3F)cc2c1. The average molecular weight is 378 g/mol. The van der Waals surface area contributed by atoms with Crippen LogP contribution in [-0.2, 0) is 6.42 Å². The van der Waals surface area contributed by atoms with Crippen LogP contribution in [0.1, 0.15) is 30.0 Å². The fraction of sp³-hybridized carbons (Fsp3) is 0.190. The number of nitrogens with zero attached hydrogens (tertiary/aromatic N) is 3. The Bertz CT molecular complexity index is 1130. The number of carbonyl (C=O) groups excluding carboxylic acids is 1. The molecule has 0 saturated heterocycles. The highest BCUT2D eigenvalue weighted by Crippen LogP contribution is 2.22. The lowest BCUT2D eigenvalue weighted by atomic mass is 10.0. The summed E-state index contributed by atoms with van der Waals surface area (Å²) in [6.07, 6.45) is 5.87. The standard InChI is InChI=1S/C21H19FN4O2/c1-13(2)8-14-9-15-12-26(25-20(15)23-11-14)18-10-16(5-6-17(18)22)24-21(27)19-4-3-7-28-19/h3-7,9-13H,8H2,1-2H3,(H,24,27). The number of amides is 1. The predicted octanol–water partition coefficient (Wildman–Crippen LogP) is 4.60. The Morgan fingerprint density at radius 2 is 2.14 bits per heavy atom. The van der Waals surface area contributed by atoms with Gasteiger partial charge in [-0.25, -0.2) is 14.1 Å². The summed E-state index contributed by atoms with van der Waals surface area (Å²) in [4.78, 5) is 16.5. The lowest BCUT2D eigenvalue weighted by Gasteiger charge is -2.07. The number of rotatable bonds is 5. The van der Waals surface area contributed by atoms with Crippen LogP contribution in [0.3, 0.4) is 0 Å². The maximum absolute atomic E-state index is 14.4. The molecule has 28 heavy (non-hydrogen) atoms. The first-order valence-electron chi connectivity index (χ1n) is 8.98. The van der Waals surface area contributed by atoms with E-state index in [1.54, 1.807) is 24.5 Å². The summed E-state index contributed by atoms with van der Waals surface area (Å²) in [5.41, 5.74) is 2.31. The molecule has 142 valence electrons. The number of carbonyl (C=O) groups is 1. The van der Waals surface area contributed by atoms with E-state index in [9.17, 15) is 9.18 Å². The van der Waals surface area contributed by atoms with E-state index in [-0.39, 0.29) is 11.4 Å². The van der Waals surface area contributed by atoms with Crippen LogP contribution in [0.5, 0.6) is 0 Å². The number of pyridine rings is 1. The highest BCUT2D eigenvalue weighted by molar-refractivity contribution is 6.02. The summed E-state index contributed by atoms with van der Waals surface area (Å²) in [7, 11) is 0. The van der Waals surface area contributed by atoms with Crippen LogP contribution in [0, 0.1) is 11.7 Å². The zero-order chi connectivity index (χ0) is 19.7. The Morgan fingerprint density at radius 3 is 2.89 bits per heavy atom. The van der Waals surface area contributed by atoms with Crippen LogP contribution in [0.4, 0.5) is 10.1 Å². The molecular weight excluding hydrogens is 359 g/mol. The molecule has 0 spiro atoms. The minimum atomic E-state index is -0.453. The molecule has 0 saturated carbocycles. The van der Waals surface area contributed by atoms with Crippen molar-refractivity contribution in [2.75, 3.05) is 5.32 Å². The Kier molecular flexibility index (Phi) is 4.65. The second kappa shape index (κ2) is 7.26. The van der Waals surface area contributed by atoms with Gasteiger partial charge in [0.15, 0.2) is 11.4 Å². The van der Waals surface area contributed by atoms with E-state index in [0.717, 1.165) is 17.4 Å². The fourth-order valence-corrected chi connectivity index (χ4v) is 3.03. The minimum Gasteiger partial charge on any atom is -0.459 e. The quantitative estimate of drug-likeness (QED) is 0.551. The molecule has 0 bridgehead atoms. The molecule has 0 aliphatic carbocycles. The van der Waals surface area contributed by atoms with Crippen molar-refractivity contribution < 1.29 is 13.6 Å². The van der Waals surface area contributed by atoms with Gasteiger partial charge in [-0.1, -0.05) is 13.8 Å². The Morgan fingerprint density at radius 1 is 1.29 bits per heavy atom. The summed E-state index contributed by atoms with van der Waals surface area (Å²) in [5.74, 6) is -0.168. The molecular formula is C21H19FN4O2. The third kappa shape index (κ3) is 3.64. The lowest BCUT2D eigenvalue weighted by Crippen LogP contribution is -2.11. The molecule has 0 fully saturated rings. The number of anilines is 1. The summed E-state index contributed by atoms with van der Waals surface area (Å²) in [6.45, 7) is 4.29. The second-order valence-corrected chi connectivity index (χ2v) is 7.03. The van der Waals surface area contributed by atoms with Gasteiger partial charge in [-0.05, 0) is 54.3 Å². The smallest absolute Gasteiger partial charge is 0.291 e. The molecule has 6 nitrogen and oxygen atoms in total. The molecule has 0 unspecified atom stereocenters. The number of halogens is 1. The van der Waals surface area contributed by atoms with Crippen molar-refractivity contribution in [3.05, 3.63) is 72.2 Å². The average Bonchev–Trinajstić information content (AvgIpc) is 3.32. The second-order valence-electron chi connectivity index (χ2n) is 7.03. The number of fused-ring (bicyclic) bond motifs is 1. The molecule has 3 aromatic heterocycles. The van der Waals surface area contributed by atoms with E-state index in [1.165, 1.54) is 29.1 Å². The first-order chi connectivity index (χ1) is 13.5. The van der Waals surface area contributed by atoms with Crippen molar-refractivity contribution in [3.63, 3.8) is 0 Å². The third-order valence-electron chi connectivity index (χ3n) is 4.26. The third-order valence-corrected chi connectivity index (χ3v) is 4.26. The van der Waals surface area contributed by atoms with E-state index in [2.05, 4.69) is 29.2 Å². The predicted molar refractivity (Wildman–Crippen MR) is 104 cm³/mol. The van der Waals surface area contributed by atoms with Gasteiger partial charge in [0.05, 0.1) is 6.26 Å². The molecule has 0 aliphatic rings. The number of aromatic nitrogens is 3. The maximum Gasteiger partial charge on any atom is 0.291 e. The van der Waals surface area contributed by atoms with Crippen LogP contribution in [0.2, 0.25) is 0 Å². The molecule has 1 aromatic carbocycles. The van der Waals surface area contributed by atoms with Gasteiger partial charge in [0.1, 0.15) is 11.5 Å². The summed E-state index contributed by atoms with van der Waals surface area (Å²) in [6, 6.07) is 9.50. The highest BCUT2D eigenvalue weighted by Gasteiger charge is 2.13. The zero-order valence-corrected chi connectivity index (χ0v) is 15.5. The maximum atomic E-state index is 14.4. The number of nitrogens with one attached hydrogen (secondary N) is 1. The van der Waals surface area contributed by atoms with Crippen molar-refractivity contribution in [2.24, 2.45) is 5.92 Å². The molecule has 7 heteroatoms. The van der Waals surface area contributed by atoms with E-state index >= 15 is 0 Å². The number of furan rings is 1. The number of hydrogen-bond acceptors (Lipinski definition) is 4. The van der Waals surface area contributed by atoms with Gasteiger partial charge >= 0.3 is 0 Å². The van der Waals surface area contributed by atoms with Gasteiger partial charge in [-0.15, -0.1) is 5.10 Å². The summed E-state index contributed by atoms with van der Waals surface area (Å²) >= 11 is 0. The lowest BCUT2D eigenvalue weighted by molar-refractivity contribution is 0.0996. The van der Waals surface area contributed by atoms with Crippen LogP contribution in [0.25, 0.3) is 16.7 Å². The molecule has 3 heterocycles. The molecule has 1 N–H and O–H groups in total. The Hall–Kier alpha value is -3.48. The molecule has 0 aliphatic heterocycles. The summed E-state index contributed by atoms with van der Waals surface area (Å²) in [5, 5.41) is 7.89. The van der Waals surface area contributed by atoms with E-state index in [4.69, 9.17) is 4.42 Å². The van der Waals surface area contributed by atoms with Gasteiger partial charge in [0, 0.05) is 23.5 Å². The normalized spacial score (nSPS) is 11.3. The molecule has 1 amide bonds. The van der Waals surface area contributed by atoms with Crippen molar-refractivity contribution in [2.45, 2.75) is 20.3 Å². The highest BCUT2D eigenvalue weighted by atomic mass is 19.1. The van der Waals surface area contributed by atoms with Crippen molar-refractivity contribution in [3.8, 4) is 5.69 Å². The van der Waals surface area contributed by atoms with Gasteiger partial charge in [-0.3, -0.25) is 4.79 Å². The van der Waals surface area contributed by atoms with Gasteiger partial charge < -0.3 is 9.73 Å². The van der Waals surface area contributed by atoms with Crippen molar-refractivity contribution in [1.82, 2.24) is 14.8 Å². The van der Waals surface area contributed by atoms with Crippen molar-refractivity contribution in [1.29, 1.82) is 0 Å². The zero-order valence-electron chi connectivity index (χ0n) is 15.5.